The molecule has 0 amide bonds. The largest absolute Gasteiger partial charge is 0.387 e. The fourth-order valence-corrected chi connectivity index (χ4v) is 4.36. The average Bonchev–Trinajstić information content (AvgIpc) is 2.75. The van der Waals surface area contributed by atoms with Crippen LogP contribution in [0.25, 0.3) is 11.1 Å². The van der Waals surface area contributed by atoms with E-state index in [9.17, 15) is 4.79 Å². The van der Waals surface area contributed by atoms with Crippen molar-refractivity contribution in [3.8, 4) is 11.1 Å². The molecule has 0 bridgehead atoms. The van der Waals surface area contributed by atoms with Crippen molar-refractivity contribution >= 4 is 11.6 Å². The molecule has 0 unspecified atom stereocenters. The van der Waals surface area contributed by atoms with Gasteiger partial charge in [-0.3, -0.25) is 9.79 Å². The molecule has 0 aromatic heterocycles. The lowest BCUT2D eigenvalue weighted by Crippen LogP contribution is -2.35. The zero-order chi connectivity index (χ0) is 20.8. The minimum absolute atomic E-state index is 0.0434. The highest BCUT2D eigenvalue weighted by molar-refractivity contribution is 5.90. The predicted octanol–water partition coefficient (Wildman–Crippen LogP) is 4.15. The Morgan fingerprint density at radius 2 is 1.83 bits per heavy atom. The molecule has 3 N–H and O–H groups in total. The van der Waals surface area contributed by atoms with E-state index in [1.165, 1.54) is 27.8 Å². The number of aliphatic imine (C=N–C) groups is 1. The number of nitrogens with two attached hydrogens (primary N) is 1. The van der Waals surface area contributed by atoms with Crippen LogP contribution in [0.15, 0.2) is 47.5 Å². The van der Waals surface area contributed by atoms with Crippen molar-refractivity contribution in [1.29, 1.82) is 0 Å². The highest BCUT2D eigenvalue weighted by atomic mass is 16.1. The SMILES string of the molecule is CCC[C@H](C(C)=O)[C@H](Cc1ccc(-c2ccc3c(c2)CNCC3)cc1)C(N)=NC. The smallest absolute Gasteiger partial charge is 0.133 e. The average molecular weight is 392 g/mol. The number of ketones is 1. The first-order chi connectivity index (χ1) is 14.0. The molecule has 29 heavy (non-hydrogen) atoms. The van der Waals surface area contributed by atoms with Crippen LogP contribution in [0, 0.1) is 11.8 Å². The summed E-state index contributed by atoms with van der Waals surface area (Å²) in [5, 5.41) is 3.45. The monoisotopic (exact) mass is 391 g/mol. The van der Waals surface area contributed by atoms with Gasteiger partial charge in [-0.2, -0.15) is 0 Å². The third kappa shape index (κ3) is 5.13. The van der Waals surface area contributed by atoms with Crippen molar-refractivity contribution in [2.24, 2.45) is 22.6 Å². The van der Waals surface area contributed by atoms with Crippen molar-refractivity contribution in [2.75, 3.05) is 13.6 Å². The zero-order valence-corrected chi connectivity index (χ0v) is 17.9. The number of benzene rings is 2. The highest BCUT2D eigenvalue weighted by Gasteiger charge is 2.28. The van der Waals surface area contributed by atoms with Crippen molar-refractivity contribution in [3.63, 3.8) is 0 Å². The maximum Gasteiger partial charge on any atom is 0.133 e. The Morgan fingerprint density at radius 3 is 2.48 bits per heavy atom. The van der Waals surface area contributed by atoms with Crippen molar-refractivity contribution in [2.45, 2.75) is 46.1 Å². The molecule has 4 heteroatoms. The van der Waals surface area contributed by atoms with Crippen LogP contribution in [0.2, 0.25) is 0 Å². The summed E-state index contributed by atoms with van der Waals surface area (Å²) in [5.74, 6) is 0.655. The van der Waals surface area contributed by atoms with Crippen LogP contribution < -0.4 is 11.1 Å². The fraction of sp³-hybridized carbons (Fsp3) is 0.440. The number of hydrogen-bond acceptors (Lipinski definition) is 3. The molecule has 1 aliphatic rings. The van der Waals surface area contributed by atoms with Crippen LogP contribution in [-0.2, 0) is 24.2 Å². The van der Waals surface area contributed by atoms with E-state index in [4.69, 9.17) is 5.73 Å². The number of carbonyl (C=O) groups is 1. The van der Waals surface area contributed by atoms with Crippen LogP contribution in [0.1, 0.15) is 43.4 Å². The van der Waals surface area contributed by atoms with E-state index < -0.39 is 0 Å². The topological polar surface area (TPSA) is 67.5 Å². The third-order valence-electron chi connectivity index (χ3n) is 6.08. The standard InChI is InChI=1S/C25H33N3O/c1-4-5-23(17(2)29)24(25(26)27-3)14-18-6-8-19(9-7-18)21-11-10-20-12-13-28-16-22(20)15-21/h6-11,15,23-24,28H,4-5,12-14,16H2,1-3H3,(H2,26,27)/t23-,24+/m1/s1. The number of Topliss-reactive ketones (excluding diaryl/α,β-unsaturated/α-hetero) is 1. The normalized spacial score (nSPS) is 16.2. The van der Waals surface area contributed by atoms with Crippen LogP contribution in [-0.4, -0.2) is 25.2 Å². The van der Waals surface area contributed by atoms with E-state index in [2.05, 4.69) is 59.7 Å². The number of fused-ring (bicyclic) bond motifs is 1. The van der Waals surface area contributed by atoms with Crippen molar-refractivity contribution in [3.05, 3.63) is 59.2 Å². The number of nitrogens with one attached hydrogen (secondary N) is 1. The van der Waals surface area contributed by atoms with Gasteiger partial charge in [0.25, 0.3) is 0 Å². The summed E-state index contributed by atoms with van der Waals surface area (Å²) in [6, 6.07) is 15.4. The molecule has 0 spiro atoms. The summed E-state index contributed by atoms with van der Waals surface area (Å²) in [4.78, 5) is 16.4. The second kappa shape index (κ2) is 9.84. The second-order valence-corrected chi connectivity index (χ2v) is 8.07. The molecule has 3 rings (SSSR count). The van der Waals surface area contributed by atoms with E-state index in [1.807, 2.05) is 0 Å². The quantitative estimate of drug-likeness (QED) is 0.525. The van der Waals surface area contributed by atoms with E-state index >= 15 is 0 Å². The zero-order valence-electron chi connectivity index (χ0n) is 17.9. The predicted molar refractivity (Wildman–Crippen MR) is 121 cm³/mol. The maximum absolute atomic E-state index is 12.2. The van der Waals surface area contributed by atoms with Gasteiger partial charge in [-0.15, -0.1) is 0 Å². The van der Waals surface area contributed by atoms with Gasteiger partial charge in [0.05, 0.1) is 5.84 Å². The summed E-state index contributed by atoms with van der Waals surface area (Å²) in [6.07, 6.45) is 3.65. The lowest BCUT2D eigenvalue weighted by Gasteiger charge is -2.25. The summed E-state index contributed by atoms with van der Waals surface area (Å²) in [5.41, 5.74) is 12.7. The molecule has 0 saturated heterocycles. The first-order valence-electron chi connectivity index (χ1n) is 10.7. The van der Waals surface area contributed by atoms with Crippen LogP contribution in [0.4, 0.5) is 0 Å². The fourth-order valence-electron chi connectivity index (χ4n) is 4.36. The Hall–Kier alpha value is -2.46. The number of amidine groups is 1. The number of carbonyl (C=O) groups excluding carboxylic acids is 1. The third-order valence-corrected chi connectivity index (χ3v) is 6.08. The lowest BCUT2D eigenvalue weighted by atomic mass is 9.80. The molecule has 1 heterocycles. The van der Waals surface area contributed by atoms with Gasteiger partial charge in [0.15, 0.2) is 0 Å². The van der Waals surface area contributed by atoms with Gasteiger partial charge in [0, 0.05) is 25.4 Å². The summed E-state index contributed by atoms with van der Waals surface area (Å²) in [7, 11) is 1.71. The van der Waals surface area contributed by atoms with Crippen molar-refractivity contribution in [1.82, 2.24) is 5.32 Å². The first-order valence-corrected chi connectivity index (χ1v) is 10.7. The molecule has 154 valence electrons. The van der Waals surface area contributed by atoms with Gasteiger partial charge in [-0.05, 0) is 66.6 Å². The van der Waals surface area contributed by atoms with E-state index in [-0.39, 0.29) is 17.6 Å². The van der Waals surface area contributed by atoms with E-state index in [0.717, 1.165) is 38.8 Å². The van der Waals surface area contributed by atoms with Crippen LogP contribution >= 0.6 is 0 Å². The van der Waals surface area contributed by atoms with Gasteiger partial charge in [0.1, 0.15) is 5.78 Å². The number of hydrogen-bond donors (Lipinski definition) is 2. The molecule has 4 nitrogen and oxygen atoms in total. The first kappa shape index (κ1) is 21.3. The number of nitrogens with zero attached hydrogens (tertiary/aromatic N) is 1. The molecule has 0 radical (unpaired) electrons. The minimum Gasteiger partial charge on any atom is -0.387 e. The van der Waals surface area contributed by atoms with Crippen molar-refractivity contribution < 1.29 is 4.79 Å². The van der Waals surface area contributed by atoms with Gasteiger partial charge in [-0.1, -0.05) is 49.7 Å². The Morgan fingerprint density at radius 1 is 1.10 bits per heavy atom. The summed E-state index contributed by atoms with van der Waals surface area (Å²) >= 11 is 0. The lowest BCUT2D eigenvalue weighted by molar-refractivity contribution is -0.121. The molecule has 1 aliphatic heterocycles. The Bertz CT molecular complexity index is 870. The summed E-state index contributed by atoms with van der Waals surface area (Å²) < 4.78 is 0. The molecule has 2 aromatic carbocycles. The van der Waals surface area contributed by atoms with Gasteiger partial charge in [-0.25, -0.2) is 0 Å². The van der Waals surface area contributed by atoms with Crippen LogP contribution in [0.3, 0.4) is 0 Å². The highest BCUT2D eigenvalue weighted by Crippen LogP contribution is 2.27. The van der Waals surface area contributed by atoms with Gasteiger partial charge >= 0.3 is 0 Å². The molecule has 0 fully saturated rings. The molecule has 0 saturated carbocycles. The van der Waals surface area contributed by atoms with Gasteiger partial charge in [0.2, 0.25) is 0 Å². The second-order valence-electron chi connectivity index (χ2n) is 8.07. The van der Waals surface area contributed by atoms with Crippen LogP contribution in [0.5, 0.6) is 0 Å². The molecule has 2 aromatic rings. The van der Waals surface area contributed by atoms with E-state index in [0.29, 0.717) is 5.84 Å². The molecular weight excluding hydrogens is 358 g/mol. The van der Waals surface area contributed by atoms with Gasteiger partial charge < -0.3 is 11.1 Å². The Kier molecular flexibility index (Phi) is 7.21. The molecule has 0 aliphatic carbocycles. The Labute approximate surface area is 174 Å². The minimum atomic E-state index is -0.0727. The summed E-state index contributed by atoms with van der Waals surface area (Å²) in [6.45, 7) is 5.79. The molecule has 2 atom stereocenters. The maximum atomic E-state index is 12.2. The van der Waals surface area contributed by atoms with E-state index in [1.54, 1.807) is 14.0 Å². The Balaban J connectivity index is 1.80. The number of rotatable bonds is 8. The molecular formula is C25H33N3O.